The van der Waals surface area contributed by atoms with Gasteiger partial charge in [-0.05, 0) is 60.9 Å². The fraction of sp³-hybridized carbons (Fsp3) is 0.345. The van der Waals surface area contributed by atoms with E-state index in [0.29, 0.717) is 36.8 Å². The molecular weight excluding hydrogens is 468 g/mol. The van der Waals surface area contributed by atoms with Gasteiger partial charge in [-0.15, -0.1) is 0 Å². The first kappa shape index (κ1) is 24.9. The maximum Gasteiger partial charge on any atom is 0.254 e. The monoisotopic (exact) mass is 500 g/mol. The van der Waals surface area contributed by atoms with Crippen LogP contribution < -0.4 is 10.1 Å². The Morgan fingerprint density at radius 1 is 1.08 bits per heavy atom. The molecule has 2 amide bonds. The number of fused-ring (bicyclic) bond motifs is 5. The number of rotatable bonds is 2. The molecule has 2 atom stereocenters. The van der Waals surface area contributed by atoms with Gasteiger partial charge in [0.05, 0.1) is 31.0 Å². The maximum absolute atomic E-state index is 13.1. The number of nitrogens with one attached hydrogen (secondary N) is 1. The highest BCUT2D eigenvalue weighted by molar-refractivity contribution is 5.96. The molecule has 0 aliphatic carbocycles. The number of carbonyl (C=O) groups is 2. The molecular formula is C29H32N4O4. The van der Waals surface area contributed by atoms with E-state index in [0.717, 1.165) is 29.8 Å². The summed E-state index contributed by atoms with van der Waals surface area (Å²) in [6, 6.07) is 18.8. The van der Waals surface area contributed by atoms with Crippen molar-refractivity contribution in [3.63, 3.8) is 0 Å². The van der Waals surface area contributed by atoms with Gasteiger partial charge in [-0.3, -0.25) is 19.5 Å². The maximum atomic E-state index is 13.1. The van der Waals surface area contributed by atoms with Gasteiger partial charge < -0.3 is 19.7 Å². The first-order chi connectivity index (χ1) is 17.9. The fourth-order valence-electron chi connectivity index (χ4n) is 4.83. The molecule has 0 unspecified atom stereocenters. The summed E-state index contributed by atoms with van der Waals surface area (Å²) in [4.78, 5) is 34.3. The highest BCUT2D eigenvalue weighted by Gasteiger charge is 2.32. The molecule has 192 valence electrons. The van der Waals surface area contributed by atoms with E-state index in [-0.39, 0.29) is 30.5 Å². The minimum Gasteiger partial charge on any atom is -0.457 e. The minimum absolute atomic E-state index is 0.0502. The molecule has 37 heavy (non-hydrogen) atoms. The molecule has 5 rings (SSSR count). The number of hydrogen-bond acceptors (Lipinski definition) is 6. The standard InChI is InChI=1S/C29H32N4O4/c1-20-9-10-22-15-27(20)37-24-8-5-6-21(14-24)19-36-26-11-13-33(16-23-7-3-4-12-30-23)17-25(26)31-28(34)18-32(2)29(22)35/h3-10,12,14-15,25-26H,11,13,16-19H2,1-2H3,(H,31,34)/t25-,26+/m0/s1. The Balaban J connectivity index is 1.40. The van der Waals surface area contributed by atoms with E-state index < -0.39 is 0 Å². The molecule has 3 heterocycles. The Morgan fingerprint density at radius 3 is 2.81 bits per heavy atom. The van der Waals surface area contributed by atoms with Crippen LogP contribution in [0.5, 0.6) is 11.5 Å². The summed E-state index contributed by atoms with van der Waals surface area (Å²) in [5.41, 5.74) is 3.36. The van der Waals surface area contributed by atoms with Crippen molar-refractivity contribution in [3.05, 3.63) is 89.2 Å². The highest BCUT2D eigenvalue weighted by Crippen LogP contribution is 2.28. The van der Waals surface area contributed by atoms with Crippen molar-refractivity contribution in [2.75, 3.05) is 26.7 Å². The molecule has 2 aromatic carbocycles. The van der Waals surface area contributed by atoms with Crippen LogP contribution in [-0.4, -0.2) is 65.4 Å². The number of nitrogens with zero attached hydrogens (tertiary/aromatic N) is 3. The number of likely N-dealkylation sites (tertiary alicyclic amines) is 1. The lowest BCUT2D eigenvalue weighted by Crippen LogP contribution is -2.57. The Kier molecular flexibility index (Phi) is 7.48. The molecule has 3 aromatic rings. The second-order valence-corrected chi connectivity index (χ2v) is 9.76. The van der Waals surface area contributed by atoms with Crippen molar-refractivity contribution in [2.45, 2.75) is 38.6 Å². The van der Waals surface area contributed by atoms with Gasteiger partial charge in [0.1, 0.15) is 11.5 Å². The number of likely N-dealkylation sites (N-methyl/N-ethyl adjacent to an activating group) is 1. The van der Waals surface area contributed by atoms with Crippen molar-refractivity contribution < 1.29 is 19.1 Å². The lowest BCUT2D eigenvalue weighted by Gasteiger charge is -2.39. The van der Waals surface area contributed by atoms with E-state index in [1.54, 1.807) is 25.4 Å². The fourth-order valence-corrected chi connectivity index (χ4v) is 4.83. The Hall–Kier alpha value is -3.75. The molecule has 0 spiro atoms. The lowest BCUT2D eigenvalue weighted by molar-refractivity contribution is -0.125. The van der Waals surface area contributed by atoms with Gasteiger partial charge in [0, 0.05) is 38.4 Å². The summed E-state index contributed by atoms with van der Waals surface area (Å²) in [6.45, 7) is 4.47. The van der Waals surface area contributed by atoms with Crippen LogP contribution in [0.2, 0.25) is 0 Å². The molecule has 4 bridgehead atoms. The molecule has 1 aromatic heterocycles. The molecule has 0 radical (unpaired) electrons. The van der Waals surface area contributed by atoms with Gasteiger partial charge in [0.2, 0.25) is 5.91 Å². The number of benzene rings is 2. The predicted octanol–water partition coefficient (Wildman–Crippen LogP) is 3.54. The van der Waals surface area contributed by atoms with Gasteiger partial charge in [0.15, 0.2) is 0 Å². The molecule has 0 saturated carbocycles. The highest BCUT2D eigenvalue weighted by atomic mass is 16.5. The normalized spacial score (nSPS) is 21.1. The second-order valence-electron chi connectivity index (χ2n) is 9.76. The number of aromatic nitrogens is 1. The zero-order chi connectivity index (χ0) is 25.8. The molecule has 1 saturated heterocycles. The molecule has 2 aliphatic rings. The van der Waals surface area contributed by atoms with Crippen molar-refractivity contribution >= 4 is 11.8 Å². The van der Waals surface area contributed by atoms with E-state index in [1.807, 2.05) is 55.5 Å². The topological polar surface area (TPSA) is 84.0 Å². The summed E-state index contributed by atoms with van der Waals surface area (Å²) in [6.07, 6.45) is 2.41. The van der Waals surface area contributed by atoms with Crippen LogP contribution >= 0.6 is 0 Å². The zero-order valence-corrected chi connectivity index (χ0v) is 21.2. The van der Waals surface area contributed by atoms with Crippen LogP contribution in [0.1, 0.15) is 33.6 Å². The average molecular weight is 501 g/mol. The predicted molar refractivity (Wildman–Crippen MR) is 139 cm³/mol. The average Bonchev–Trinajstić information content (AvgIpc) is 2.89. The molecule has 1 fully saturated rings. The lowest BCUT2D eigenvalue weighted by atomic mass is 10.0. The van der Waals surface area contributed by atoms with Gasteiger partial charge in [-0.2, -0.15) is 0 Å². The summed E-state index contributed by atoms with van der Waals surface area (Å²) >= 11 is 0. The second kappa shape index (κ2) is 11.1. The van der Waals surface area contributed by atoms with Crippen molar-refractivity contribution in [3.8, 4) is 11.5 Å². The largest absolute Gasteiger partial charge is 0.457 e. The van der Waals surface area contributed by atoms with Crippen LogP contribution in [0.4, 0.5) is 0 Å². The number of amides is 2. The number of aryl methyl sites for hydroxylation is 1. The van der Waals surface area contributed by atoms with Crippen molar-refractivity contribution in [2.24, 2.45) is 0 Å². The van der Waals surface area contributed by atoms with Crippen molar-refractivity contribution in [1.29, 1.82) is 0 Å². The van der Waals surface area contributed by atoms with Gasteiger partial charge in [-0.1, -0.05) is 24.3 Å². The van der Waals surface area contributed by atoms with E-state index in [2.05, 4.69) is 15.2 Å². The molecule has 8 nitrogen and oxygen atoms in total. The molecule has 8 heteroatoms. The Bertz CT molecular complexity index is 1270. The third-order valence-corrected chi connectivity index (χ3v) is 6.84. The Labute approximate surface area is 217 Å². The first-order valence-corrected chi connectivity index (χ1v) is 12.6. The third kappa shape index (κ3) is 6.15. The zero-order valence-electron chi connectivity index (χ0n) is 21.2. The van der Waals surface area contributed by atoms with Crippen LogP contribution in [0.15, 0.2) is 66.9 Å². The van der Waals surface area contributed by atoms with E-state index >= 15 is 0 Å². The Morgan fingerprint density at radius 2 is 1.97 bits per heavy atom. The minimum atomic E-state index is -0.242. The van der Waals surface area contributed by atoms with Gasteiger partial charge in [-0.25, -0.2) is 0 Å². The van der Waals surface area contributed by atoms with Gasteiger partial charge >= 0.3 is 0 Å². The summed E-state index contributed by atoms with van der Waals surface area (Å²) in [5, 5.41) is 3.15. The first-order valence-electron chi connectivity index (χ1n) is 12.6. The number of carbonyl (C=O) groups excluding carboxylic acids is 2. The number of piperidine rings is 1. The van der Waals surface area contributed by atoms with Crippen LogP contribution in [0.25, 0.3) is 0 Å². The van der Waals surface area contributed by atoms with Crippen LogP contribution in [0, 0.1) is 6.92 Å². The summed E-state index contributed by atoms with van der Waals surface area (Å²) in [5.74, 6) is 0.833. The molecule has 1 N–H and O–H groups in total. The summed E-state index contributed by atoms with van der Waals surface area (Å²) < 4.78 is 12.5. The third-order valence-electron chi connectivity index (χ3n) is 6.84. The van der Waals surface area contributed by atoms with Crippen molar-refractivity contribution in [1.82, 2.24) is 20.1 Å². The number of pyridine rings is 1. The molecule has 2 aliphatic heterocycles. The SMILES string of the molecule is Cc1ccc2cc1Oc1cccc(c1)CO[C@@H]1CCN(Cc3ccccn3)C[C@@H]1NC(=O)CN(C)C2=O. The van der Waals surface area contributed by atoms with Gasteiger partial charge in [0.25, 0.3) is 5.91 Å². The summed E-state index contributed by atoms with van der Waals surface area (Å²) in [7, 11) is 1.64. The van der Waals surface area contributed by atoms with Crippen LogP contribution in [-0.2, 0) is 22.7 Å². The van der Waals surface area contributed by atoms with E-state index in [4.69, 9.17) is 9.47 Å². The number of hydrogen-bond donors (Lipinski definition) is 1. The quantitative estimate of drug-likeness (QED) is 0.580. The van der Waals surface area contributed by atoms with E-state index in [1.165, 1.54) is 4.90 Å². The smallest absolute Gasteiger partial charge is 0.254 e. The van der Waals surface area contributed by atoms with E-state index in [9.17, 15) is 9.59 Å². The van der Waals surface area contributed by atoms with Crippen LogP contribution in [0.3, 0.4) is 0 Å². The number of ether oxygens (including phenoxy) is 2.